The van der Waals surface area contributed by atoms with Gasteiger partial charge in [0.05, 0.1) is 31.8 Å². The summed E-state index contributed by atoms with van der Waals surface area (Å²) in [7, 11) is 2.97. The first-order valence-electron chi connectivity index (χ1n) is 11.0. The average Bonchev–Trinajstić information content (AvgIpc) is 2.88. The monoisotopic (exact) mass is 476 g/mol. The summed E-state index contributed by atoms with van der Waals surface area (Å²) in [5.74, 6) is 0.694. The van der Waals surface area contributed by atoms with Gasteiger partial charge in [-0.1, -0.05) is 12.1 Å². The van der Waals surface area contributed by atoms with Gasteiger partial charge in [0.25, 0.3) is 11.5 Å². The van der Waals surface area contributed by atoms with Crippen LogP contribution < -0.4 is 25.1 Å². The van der Waals surface area contributed by atoms with Crippen LogP contribution in [-0.2, 0) is 6.54 Å². The number of carbonyl (C=O) groups excluding carboxylic acids is 1. The van der Waals surface area contributed by atoms with Crippen LogP contribution in [0.25, 0.3) is 16.5 Å². The maximum absolute atomic E-state index is 13.5. The molecule has 0 aliphatic heterocycles. The van der Waals surface area contributed by atoms with Gasteiger partial charge in [-0.25, -0.2) is 4.39 Å². The van der Waals surface area contributed by atoms with Crippen LogP contribution in [0.1, 0.15) is 22.8 Å². The minimum atomic E-state index is -0.397. The minimum Gasteiger partial charge on any atom is -0.494 e. The fourth-order valence-corrected chi connectivity index (χ4v) is 3.79. The van der Waals surface area contributed by atoms with Crippen LogP contribution in [-0.4, -0.2) is 31.3 Å². The van der Waals surface area contributed by atoms with E-state index < -0.39 is 5.91 Å². The zero-order valence-corrected chi connectivity index (χ0v) is 19.6. The van der Waals surface area contributed by atoms with Crippen molar-refractivity contribution in [1.29, 1.82) is 0 Å². The average molecular weight is 477 g/mol. The van der Waals surface area contributed by atoms with E-state index in [4.69, 9.17) is 14.2 Å². The summed E-state index contributed by atoms with van der Waals surface area (Å²) in [4.78, 5) is 26.8. The highest BCUT2D eigenvalue weighted by Crippen LogP contribution is 2.32. The van der Waals surface area contributed by atoms with E-state index in [0.717, 1.165) is 5.56 Å². The number of hydrogen-bond donors (Lipinski definition) is 1. The summed E-state index contributed by atoms with van der Waals surface area (Å²) in [5, 5.41) is 3.57. The molecule has 0 bridgehead atoms. The molecule has 1 N–H and O–H groups in total. The Labute approximate surface area is 201 Å². The van der Waals surface area contributed by atoms with E-state index in [-0.39, 0.29) is 23.5 Å². The summed E-state index contributed by atoms with van der Waals surface area (Å²) in [6.07, 6.45) is 1.51. The number of ether oxygens (including phenoxy) is 3. The van der Waals surface area contributed by atoms with Crippen LogP contribution >= 0.6 is 0 Å². The SMILES string of the molecule is CCOc1ccc(-n2cc(C(=O)NCc3ccc(F)cc3)c3cc(OC)c(OC)cc3c2=O)cc1. The van der Waals surface area contributed by atoms with Crippen LogP contribution in [0.4, 0.5) is 4.39 Å². The van der Waals surface area contributed by atoms with Gasteiger partial charge in [0, 0.05) is 23.8 Å². The first-order chi connectivity index (χ1) is 16.9. The lowest BCUT2D eigenvalue weighted by molar-refractivity contribution is 0.0952. The molecule has 0 unspecified atom stereocenters. The zero-order valence-electron chi connectivity index (χ0n) is 19.6. The molecular formula is C27H25FN2O5. The predicted molar refractivity (Wildman–Crippen MR) is 131 cm³/mol. The maximum Gasteiger partial charge on any atom is 0.263 e. The third-order valence-corrected chi connectivity index (χ3v) is 5.56. The van der Waals surface area contributed by atoms with E-state index in [2.05, 4.69) is 5.32 Å². The number of carbonyl (C=O) groups is 1. The highest BCUT2D eigenvalue weighted by atomic mass is 19.1. The molecule has 0 fully saturated rings. The van der Waals surface area contributed by atoms with Crippen LogP contribution in [0, 0.1) is 5.82 Å². The van der Waals surface area contributed by atoms with Crippen molar-refractivity contribution in [2.45, 2.75) is 13.5 Å². The first-order valence-corrected chi connectivity index (χ1v) is 11.0. The first kappa shape index (κ1) is 23.8. The normalized spacial score (nSPS) is 10.7. The van der Waals surface area contributed by atoms with E-state index >= 15 is 0 Å². The van der Waals surface area contributed by atoms with Crippen molar-refractivity contribution in [1.82, 2.24) is 9.88 Å². The predicted octanol–water partition coefficient (Wildman–Crippen LogP) is 4.48. The molecule has 0 saturated carbocycles. The molecule has 0 spiro atoms. The molecule has 1 heterocycles. The Balaban J connectivity index is 1.82. The molecule has 1 amide bonds. The molecule has 0 aliphatic rings. The van der Waals surface area contributed by atoms with E-state index in [9.17, 15) is 14.0 Å². The number of nitrogens with zero attached hydrogens (tertiary/aromatic N) is 1. The number of halogens is 1. The Morgan fingerprint density at radius 2 is 1.57 bits per heavy atom. The van der Waals surface area contributed by atoms with E-state index in [1.165, 1.54) is 37.1 Å². The lowest BCUT2D eigenvalue weighted by Crippen LogP contribution is -2.27. The van der Waals surface area contributed by atoms with E-state index in [1.807, 2.05) is 6.92 Å². The van der Waals surface area contributed by atoms with Crippen LogP contribution in [0.2, 0.25) is 0 Å². The summed E-state index contributed by atoms with van der Waals surface area (Å²) in [6.45, 7) is 2.60. The number of aromatic nitrogens is 1. The van der Waals surface area contributed by atoms with Crippen molar-refractivity contribution in [3.05, 3.63) is 94.2 Å². The molecule has 4 rings (SSSR count). The van der Waals surface area contributed by atoms with E-state index in [0.29, 0.717) is 40.3 Å². The highest BCUT2D eigenvalue weighted by Gasteiger charge is 2.19. The molecule has 0 atom stereocenters. The van der Waals surface area contributed by atoms with Gasteiger partial charge in [0.1, 0.15) is 11.6 Å². The van der Waals surface area contributed by atoms with E-state index in [1.54, 1.807) is 48.5 Å². The third-order valence-electron chi connectivity index (χ3n) is 5.56. The number of hydrogen-bond acceptors (Lipinski definition) is 5. The molecule has 0 aliphatic carbocycles. The second-order valence-corrected chi connectivity index (χ2v) is 7.71. The molecule has 180 valence electrons. The number of nitrogens with one attached hydrogen (secondary N) is 1. The van der Waals surface area contributed by atoms with Gasteiger partial charge in [-0.3, -0.25) is 14.2 Å². The van der Waals surface area contributed by atoms with Gasteiger partial charge < -0.3 is 19.5 Å². The van der Waals surface area contributed by atoms with Crippen molar-refractivity contribution in [2.24, 2.45) is 0 Å². The molecular weight excluding hydrogens is 451 g/mol. The van der Waals surface area contributed by atoms with Gasteiger partial charge in [-0.2, -0.15) is 0 Å². The van der Waals surface area contributed by atoms with Crippen molar-refractivity contribution < 1.29 is 23.4 Å². The zero-order chi connectivity index (χ0) is 24.9. The maximum atomic E-state index is 13.5. The molecule has 0 saturated heterocycles. The number of pyridine rings is 1. The molecule has 0 radical (unpaired) electrons. The fraction of sp³-hybridized carbons (Fsp3) is 0.185. The van der Waals surface area contributed by atoms with Crippen molar-refractivity contribution in [3.63, 3.8) is 0 Å². The highest BCUT2D eigenvalue weighted by molar-refractivity contribution is 6.07. The lowest BCUT2D eigenvalue weighted by Gasteiger charge is -2.15. The van der Waals surface area contributed by atoms with Crippen molar-refractivity contribution in [2.75, 3.05) is 20.8 Å². The fourth-order valence-electron chi connectivity index (χ4n) is 3.79. The topological polar surface area (TPSA) is 78.8 Å². The summed E-state index contributed by atoms with van der Waals surface area (Å²) < 4.78 is 30.9. The molecule has 7 nitrogen and oxygen atoms in total. The third kappa shape index (κ3) is 4.96. The molecule has 35 heavy (non-hydrogen) atoms. The Morgan fingerprint density at radius 1 is 0.943 bits per heavy atom. The van der Waals surface area contributed by atoms with Gasteiger partial charge in [-0.15, -0.1) is 0 Å². The number of methoxy groups -OCH3 is 2. The van der Waals surface area contributed by atoms with Crippen LogP contribution in [0.5, 0.6) is 17.2 Å². The number of amides is 1. The number of benzene rings is 3. The second-order valence-electron chi connectivity index (χ2n) is 7.71. The Kier molecular flexibility index (Phi) is 7.01. The summed E-state index contributed by atoms with van der Waals surface area (Å²) in [5.41, 5.74) is 1.27. The number of fused-ring (bicyclic) bond motifs is 1. The molecule has 4 aromatic rings. The van der Waals surface area contributed by atoms with Gasteiger partial charge >= 0.3 is 0 Å². The van der Waals surface area contributed by atoms with Gasteiger partial charge in [0.15, 0.2) is 11.5 Å². The smallest absolute Gasteiger partial charge is 0.263 e. The largest absolute Gasteiger partial charge is 0.494 e. The number of rotatable bonds is 8. The van der Waals surface area contributed by atoms with Crippen molar-refractivity contribution >= 4 is 16.7 Å². The molecule has 3 aromatic carbocycles. The van der Waals surface area contributed by atoms with Crippen LogP contribution in [0.15, 0.2) is 71.7 Å². The molecule has 1 aromatic heterocycles. The quantitative estimate of drug-likeness (QED) is 0.406. The Hall–Kier alpha value is -4.33. The summed E-state index contributed by atoms with van der Waals surface area (Å²) >= 11 is 0. The van der Waals surface area contributed by atoms with Crippen LogP contribution in [0.3, 0.4) is 0 Å². The Morgan fingerprint density at radius 3 is 2.17 bits per heavy atom. The van der Waals surface area contributed by atoms with Crippen molar-refractivity contribution in [3.8, 4) is 22.9 Å². The van der Waals surface area contributed by atoms with Gasteiger partial charge in [0.2, 0.25) is 0 Å². The Bertz CT molecular complexity index is 1410. The minimum absolute atomic E-state index is 0.191. The molecule has 8 heteroatoms. The van der Waals surface area contributed by atoms with Gasteiger partial charge in [-0.05, 0) is 61.0 Å². The summed E-state index contributed by atoms with van der Waals surface area (Å²) in [6, 6.07) is 16.1. The lowest BCUT2D eigenvalue weighted by atomic mass is 10.0. The second kappa shape index (κ2) is 10.3. The standard InChI is InChI=1S/C27H25FN2O5/c1-4-35-20-11-9-19(10-12-20)30-16-23(26(31)29-15-17-5-7-18(28)8-6-17)21-13-24(33-2)25(34-3)14-22(21)27(30)32/h5-14,16H,4,15H2,1-3H3,(H,29,31).